The van der Waals surface area contributed by atoms with Crippen LogP contribution in [0, 0.1) is 5.92 Å². The van der Waals surface area contributed by atoms with Crippen molar-refractivity contribution >= 4 is 5.97 Å². The normalized spacial score (nSPS) is 17.4. The van der Waals surface area contributed by atoms with Gasteiger partial charge in [-0.15, -0.1) is 0 Å². The molecule has 3 rings (SSSR count). The molecule has 7 heteroatoms. The van der Waals surface area contributed by atoms with Crippen LogP contribution in [-0.2, 0) is 17.4 Å². The minimum atomic E-state index is -4.42. The minimum Gasteiger partial charge on any atom is -0.481 e. The Hall–Kier alpha value is -2.41. The molecular formula is C21H23F3N2O2. The molecule has 2 aromatic rings. The Morgan fingerprint density at radius 3 is 2.50 bits per heavy atom. The maximum absolute atomic E-state index is 13.2. The second-order valence-corrected chi connectivity index (χ2v) is 7.12. The highest BCUT2D eigenvalue weighted by Crippen LogP contribution is 2.35. The van der Waals surface area contributed by atoms with Crippen LogP contribution >= 0.6 is 0 Å². The summed E-state index contributed by atoms with van der Waals surface area (Å²) in [6, 6.07) is 8.67. The summed E-state index contributed by atoms with van der Waals surface area (Å²) in [4.78, 5) is 17.8. The van der Waals surface area contributed by atoms with Crippen molar-refractivity contribution in [1.29, 1.82) is 0 Å². The lowest BCUT2D eigenvalue weighted by molar-refractivity contribution is -0.143. The fourth-order valence-corrected chi connectivity index (χ4v) is 3.67. The second-order valence-electron chi connectivity index (χ2n) is 7.12. The SMILES string of the molecule is CCc1ccc(C(c2cccc(C(F)(F)F)c2)N2CCC(C(=O)O)CC2)nc1. The van der Waals surface area contributed by atoms with E-state index in [-0.39, 0.29) is 0 Å². The smallest absolute Gasteiger partial charge is 0.416 e. The molecule has 4 nitrogen and oxygen atoms in total. The quantitative estimate of drug-likeness (QED) is 0.811. The number of hydrogen-bond acceptors (Lipinski definition) is 3. The van der Waals surface area contributed by atoms with Crippen LogP contribution in [0.2, 0.25) is 0 Å². The maximum Gasteiger partial charge on any atom is 0.416 e. The molecule has 0 spiro atoms. The van der Waals surface area contributed by atoms with E-state index in [0.717, 1.165) is 18.1 Å². The molecule has 0 amide bonds. The van der Waals surface area contributed by atoms with Crippen LogP contribution in [0.5, 0.6) is 0 Å². The molecule has 1 N–H and O–H groups in total. The molecule has 0 radical (unpaired) electrons. The number of likely N-dealkylation sites (tertiary alicyclic amines) is 1. The Balaban J connectivity index is 1.96. The van der Waals surface area contributed by atoms with Gasteiger partial charge in [0.15, 0.2) is 0 Å². The molecule has 1 atom stereocenters. The Bertz CT molecular complexity index is 813. The molecule has 2 heterocycles. The van der Waals surface area contributed by atoms with E-state index in [1.807, 2.05) is 24.0 Å². The van der Waals surface area contributed by atoms with Gasteiger partial charge < -0.3 is 5.11 Å². The number of carbonyl (C=O) groups is 1. The monoisotopic (exact) mass is 392 g/mol. The van der Waals surface area contributed by atoms with Crippen molar-refractivity contribution in [3.63, 3.8) is 0 Å². The predicted octanol–water partition coefficient (Wildman–Crippen LogP) is 4.55. The fraction of sp³-hybridized carbons (Fsp3) is 0.429. The minimum absolute atomic E-state index is 0.408. The highest BCUT2D eigenvalue weighted by Gasteiger charge is 2.34. The lowest BCUT2D eigenvalue weighted by Crippen LogP contribution is -2.39. The van der Waals surface area contributed by atoms with E-state index < -0.39 is 29.7 Å². The Kier molecular flexibility index (Phi) is 6.03. The van der Waals surface area contributed by atoms with E-state index in [4.69, 9.17) is 0 Å². The van der Waals surface area contributed by atoms with Gasteiger partial charge in [-0.1, -0.05) is 25.1 Å². The highest BCUT2D eigenvalue weighted by molar-refractivity contribution is 5.70. The number of alkyl halides is 3. The van der Waals surface area contributed by atoms with Crippen molar-refractivity contribution in [1.82, 2.24) is 9.88 Å². The van der Waals surface area contributed by atoms with Gasteiger partial charge in [-0.2, -0.15) is 13.2 Å². The van der Waals surface area contributed by atoms with Gasteiger partial charge >= 0.3 is 12.1 Å². The molecule has 1 fully saturated rings. The predicted molar refractivity (Wildman–Crippen MR) is 98.8 cm³/mol. The summed E-state index contributed by atoms with van der Waals surface area (Å²) in [6.07, 6.45) is -0.905. The second kappa shape index (κ2) is 8.31. The highest BCUT2D eigenvalue weighted by atomic mass is 19.4. The zero-order chi connectivity index (χ0) is 20.3. The Labute approximate surface area is 162 Å². The number of aryl methyl sites for hydroxylation is 1. The zero-order valence-corrected chi connectivity index (χ0v) is 15.6. The number of pyridine rings is 1. The first-order valence-corrected chi connectivity index (χ1v) is 9.38. The molecule has 28 heavy (non-hydrogen) atoms. The molecule has 0 aliphatic carbocycles. The number of aliphatic carboxylic acids is 1. The van der Waals surface area contributed by atoms with Crippen molar-refractivity contribution in [2.24, 2.45) is 5.92 Å². The van der Waals surface area contributed by atoms with E-state index in [2.05, 4.69) is 4.98 Å². The number of rotatable bonds is 5. The average molecular weight is 392 g/mol. The Morgan fingerprint density at radius 2 is 1.96 bits per heavy atom. The first-order chi connectivity index (χ1) is 13.3. The van der Waals surface area contributed by atoms with E-state index >= 15 is 0 Å². The number of aromatic nitrogens is 1. The molecule has 1 unspecified atom stereocenters. The van der Waals surface area contributed by atoms with Crippen LogP contribution in [0.4, 0.5) is 13.2 Å². The summed E-state index contributed by atoms with van der Waals surface area (Å²) in [5, 5.41) is 9.22. The van der Waals surface area contributed by atoms with Gasteiger partial charge in [0.25, 0.3) is 0 Å². The zero-order valence-electron chi connectivity index (χ0n) is 15.6. The maximum atomic E-state index is 13.2. The summed E-state index contributed by atoms with van der Waals surface area (Å²) in [7, 11) is 0. The third-order valence-corrected chi connectivity index (χ3v) is 5.31. The van der Waals surface area contributed by atoms with Crippen LogP contribution in [0.15, 0.2) is 42.6 Å². The van der Waals surface area contributed by atoms with Crippen molar-refractivity contribution in [2.75, 3.05) is 13.1 Å². The number of piperidine rings is 1. The van der Waals surface area contributed by atoms with Crippen LogP contribution in [0.3, 0.4) is 0 Å². The lowest BCUT2D eigenvalue weighted by Gasteiger charge is -2.36. The van der Waals surface area contributed by atoms with Gasteiger partial charge in [0.2, 0.25) is 0 Å². The fourth-order valence-electron chi connectivity index (χ4n) is 3.67. The molecule has 1 saturated heterocycles. The lowest BCUT2D eigenvalue weighted by atomic mass is 9.92. The van der Waals surface area contributed by atoms with Crippen molar-refractivity contribution < 1.29 is 23.1 Å². The number of carboxylic acids is 1. The largest absolute Gasteiger partial charge is 0.481 e. The van der Waals surface area contributed by atoms with Gasteiger partial charge in [-0.25, -0.2) is 0 Å². The molecule has 1 aromatic heterocycles. The topological polar surface area (TPSA) is 53.4 Å². The van der Waals surface area contributed by atoms with Crippen molar-refractivity contribution in [2.45, 2.75) is 38.4 Å². The van der Waals surface area contributed by atoms with Crippen molar-refractivity contribution in [3.8, 4) is 0 Å². The molecule has 1 aromatic carbocycles. The molecule has 1 aliphatic heterocycles. The van der Waals surface area contributed by atoms with E-state index in [0.29, 0.717) is 37.2 Å². The van der Waals surface area contributed by atoms with Crippen LogP contribution in [0.25, 0.3) is 0 Å². The van der Waals surface area contributed by atoms with Gasteiger partial charge in [-0.3, -0.25) is 14.7 Å². The third kappa shape index (κ3) is 4.52. The summed E-state index contributed by atoms with van der Waals surface area (Å²) >= 11 is 0. The van der Waals surface area contributed by atoms with Gasteiger partial charge in [0.05, 0.1) is 23.2 Å². The summed E-state index contributed by atoms with van der Waals surface area (Å²) < 4.78 is 39.7. The first-order valence-electron chi connectivity index (χ1n) is 9.38. The van der Waals surface area contributed by atoms with Crippen molar-refractivity contribution in [3.05, 3.63) is 65.0 Å². The standard InChI is InChI=1S/C21H23F3N2O2/c1-2-14-6-7-18(25-13-14)19(26-10-8-15(9-11-26)20(27)28)16-4-3-5-17(12-16)21(22,23)24/h3-7,12-13,15,19H,2,8-11H2,1H3,(H,27,28). The van der Waals surface area contributed by atoms with E-state index in [1.54, 1.807) is 12.3 Å². The van der Waals surface area contributed by atoms with Gasteiger partial charge in [0.1, 0.15) is 0 Å². The number of nitrogens with zero attached hydrogens (tertiary/aromatic N) is 2. The Morgan fingerprint density at radius 1 is 1.25 bits per heavy atom. The van der Waals surface area contributed by atoms with E-state index in [1.165, 1.54) is 12.1 Å². The summed E-state index contributed by atoms with van der Waals surface area (Å²) in [6.45, 7) is 3.00. The van der Waals surface area contributed by atoms with Crippen LogP contribution in [-0.4, -0.2) is 34.0 Å². The molecule has 150 valence electrons. The number of hydrogen-bond donors (Lipinski definition) is 1. The summed E-state index contributed by atoms with van der Waals surface area (Å²) in [5.74, 6) is -1.23. The van der Waals surface area contributed by atoms with Gasteiger partial charge in [-0.05, 0) is 61.7 Å². The van der Waals surface area contributed by atoms with E-state index in [9.17, 15) is 23.1 Å². The summed E-state index contributed by atoms with van der Waals surface area (Å²) in [5.41, 5.74) is 1.54. The molecule has 0 bridgehead atoms. The molecule has 1 aliphatic rings. The van der Waals surface area contributed by atoms with Crippen LogP contribution in [0.1, 0.15) is 48.2 Å². The third-order valence-electron chi connectivity index (χ3n) is 5.31. The number of benzene rings is 1. The molecule has 0 saturated carbocycles. The average Bonchev–Trinajstić information content (AvgIpc) is 2.69. The number of carboxylic acid groups (broad SMARTS) is 1. The molecular weight excluding hydrogens is 369 g/mol. The van der Waals surface area contributed by atoms with Crippen LogP contribution < -0.4 is 0 Å². The number of halogens is 3. The van der Waals surface area contributed by atoms with Gasteiger partial charge in [0, 0.05) is 6.20 Å². The first kappa shape index (κ1) is 20.3.